The number of hydrogen-bond donors (Lipinski definition) is 0. The maximum absolute atomic E-state index is 4.41. The lowest BCUT2D eigenvalue weighted by Crippen LogP contribution is -2.28. The van der Waals surface area contributed by atoms with E-state index in [0.29, 0.717) is 0 Å². The van der Waals surface area contributed by atoms with Gasteiger partial charge >= 0.3 is 0 Å². The summed E-state index contributed by atoms with van der Waals surface area (Å²) in [6.07, 6.45) is 19.6. The molecule has 0 amide bonds. The second kappa shape index (κ2) is 17.5. The molecule has 0 saturated carbocycles. The van der Waals surface area contributed by atoms with E-state index in [2.05, 4.69) is 246 Å². The Morgan fingerprint density at radius 3 is 1.89 bits per heavy atom. The zero-order chi connectivity index (χ0) is 41.5. The molecule has 0 N–H and O–H groups in total. The van der Waals surface area contributed by atoms with Crippen LogP contribution in [-0.4, -0.2) is 10.6 Å². The number of allylic oxidation sites excluding steroid dienone is 5. The van der Waals surface area contributed by atoms with Crippen LogP contribution >= 0.6 is 0 Å². The fraction of sp³-hybridized carbons (Fsp3) is 0.0345. The zero-order valence-corrected chi connectivity index (χ0v) is 34.2. The van der Waals surface area contributed by atoms with Crippen molar-refractivity contribution in [2.75, 3.05) is 9.80 Å². The van der Waals surface area contributed by atoms with Gasteiger partial charge in [-0.2, -0.15) is 0 Å². The van der Waals surface area contributed by atoms with Crippen LogP contribution in [-0.2, 0) is 0 Å². The van der Waals surface area contributed by atoms with Crippen molar-refractivity contribution in [1.29, 1.82) is 0 Å². The summed E-state index contributed by atoms with van der Waals surface area (Å²) in [4.78, 5) is 4.65. The highest BCUT2D eigenvalue weighted by molar-refractivity contribution is 6.10. The molecular weight excluding hydrogens is 739 g/mol. The van der Waals surface area contributed by atoms with E-state index in [4.69, 9.17) is 0 Å². The van der Waals surface area contributed by atoms with Crippen LogP contribution in [0.5, 0.6) is 0 Å². The summed E-state index contributed by atoms with van der Waals surface area (Å²) in [6, 6.07) is 62.6. The van der Waals surface area contributed by atoms with E-state index in [1.54, 1.807) is 6.08 Å². The number of nitrogens with zero attached hydrogens (tertiary/aromatic N) is 3. The Bertz CT molecular complexity index is 2950. The van der Waals surface area contributed by atoms with Crippen molar-refractivity contribution >= 4 is 62.3 Å². The molecule has 0 saturated heterocycles. The van der Waals surface area contributed by atoms with Crippen LogP contribution in [0.1, 0.15) is 28.7 Å². The third kappa shape index (κ3) is 7.73. The standard InChI is InChI=1S/C58H47N3/c1-4-6-21-43(3)59-55-33-16-13-29-51(55)50(52-30-14-17-34-56(52)59)32-20-25-45-36-38-48(39-37-45)60(46(5-2)28-19-24-44-22-9-7-10-23-44)49-40-41-54-53-31-15-18-35-57(53)61(58(54)42-49)47-26-11-8-12-27-47/h4-27,29-42,46H,1-3,28H2/b21-6-,24-19+,25-20+. The minimum absolute atomic E-state index is 0.00700. The Hall–Kier alpha value is -7.88. The summed E-state index contributed by atoms with van der Waals surface area (Å²) in [5.41, 5.74) is 14.5. The van der Waals surface area contributed by atoms with Gasteiger partial charge in [0.05, 0.1) is 28.5 Å². The average Bonchev–Trinajstić information content (AvgIpc) is 3.65. The van der Waals surface area contributed by atoms with E-state index in [-0.39, 0.29) is 6.04 Å². The molecule has 1 unspecified atom stereocenters. The van der Waals surface area contributed by atoms with Crippen molar-refractivity contribution < 1.29 is 0 Å². The Balaban J connectivity index is 1.08. The van der Waals surface area contributed by atoms with Gasteiger partial charge in [-0.15, -0.1) is 6.58 Å². The summed E-state index contributed by atoms with van der Waals surface area (Å²) >= 11 is 0. The number of fused-ring (bicyclic) bond motifs is 5. The maximum Gasteiger partial charge on any atom is 0.0561 e. The normalized spacial score (nSPS) is 12.9. The van der Waals surface area contributed by atoms with E-state index < -0.39 is 0 Å². The number of hydrogen-bond acceptors (Lipinski definition) is 2. The molecule has 2 heterocycles. The molecule has 61 heavy (non-hydrogen) atoms. The van der Waals surface area contributed by atoms with Gasteiger partial charge < -0.3 is 14.4 Å². The van der Waals surface area contributed by atoms with Gasteiger partial charge in [0, 0.05) is 44.7 Å². The quantitative estimate of drug-likeness (QED) is 0.0852. The lowest BCUT2D eigenvalue weighted by molar-refractivity contribution is 0.796. The third-order valence-electron chi connectivity index (χ3n) is 11.3. The van der Waals surface area contributed by atoms with Crippen LogP contribution in [0.2, 0.25) is 0 Å². The van der Waals surface area contributed by atoms with E-state index in [0.717, 1.165) is 62.8 Å². The smallest absolute Gasteiger partial charge is 0.0561 e. The van der Waals surface area contributed by atoms with Crippen molar-refractivity contribution in [3.8, 4) is 5.69 Å². The van der Waals surface area contributed by atoms with Gasteiger partial charge in [-0.25, -0.2) is 0 Å². The fourth-order valence-electron chi connectivity index (χ4n) is 8.52. The highest BCUT2D eigenvalue weighted by Crippen LogP contribution is 2.47. The lowest BCUT2D eigenvalue weighted by atomic mass is 9.89. The van der Waals surface area contributed by atoms with Crippen LogP contribution in [0.25, 0.3) is 45.2 Å². The summed E-state index contributed by atoms with van der Waals surface area (Å²) in [5, 5.41) is 2.46. The van der Waals surface area contributed by atoms with Crippen LogP contribution in [0, 0.1) is 0 Å². The molecule has 9 rings (SSSR count). The summed E-state index contributed by atoms with van der Waals surface area (Å²) in [5.74, 6) is 0. The average molecular weight is 786 g/mol. The summed E-state index contributed by atoms with van der Waals surface area (Å²) in [7, 11) is 0. The molecule has 0 radical (unpaired) electrons. The second-order valence-corrected chi connectivity index (χ2v) is 15.1. The number of para-hydroxylation sites is 4. The summed E-state index contributed by atoms with van der Waals surface area (Å²) in [6.45, 7) is 12.6. The molecule has 8 aromatic rings. The van der Waals surface area contributed by atoms with Gasteiger partial charge in [0.15, 0.2) is 0 Å². The van der Waals surface area contributed by atoms with Crippen molar-refractivity contribution in [1.82, 2.24) is 4.57 Å². The van der Waals surface area contributed by atoms with E-state index >= 15 is 0 Å². The number of aromatic nitrogens is 1. The largest absolute Gasteiger partial charge is 0.334 e. The first-order valence-electron chi connectivity index (χ1n) is 20.8. The van der Waals surface area contributed by atoms with Crippen molar-refractivity contribution in [2.45, 2.75) is 12.5 Å². The third-order valence-corrected chi connectivity index (χ3v) is 11.3. The van der Waals surface area contributed by atoms with Gasteiger partial charge in [-0.05, 0) is 83.8 Å². The molecule has 0 spiro atoms. The monoisotopic (exact) mass is 785 g/mol. The lowest BCUT2D eigenvalue weighted by Gasteiger charge is -2.35. The molecule has 0 fully saturated rings. The van der Waals surface area contributed by atoms with Gasteiger partial charge in [0.25, 0.3) is 0 Å². The zero-order valence-electron chi connectivity index (χ0n) is 34.2. The first-order chi connectivity index (χ1) is 30.1. The minimum atomic E-state index is -0.00700. The van der Waals surface area contributed by atoms with E-state index in [1.165, 1.54) is 27.4 Å². The molecular formula is C58H47N3. The Labute approximate surface area is 359 Å². The van der Waals surface area contributed by atoms with Crippen molar-refractivity contribution in [3.05, 3.63) is 266 Å². The minimum Gasteiger partial charge on any atom is -0.334 e. The maximum atomic E-state index is 4.41. The SMILES string of the molecule is C=C/C=C\C(=C)N1c2ccccc2C(=C/C=C/c2ccc(N(c3ccc4c5ccccc5n(-c5ccccc5)c4c3)C(C=C)C/C=C/c3ccccc3)cc2)c2ccccc21. The highest BCUT2D eigenvalue weighted by Gasteiger charge is 2.26. The Morgan fingerprint density at radius 1 is 0.574 bits per heavy atom. The molecule has 3 heteroatoms. The summed E-state index contributed by atoms with van der Waals surface area (Å²) < 4.78 is 2.38. The second-order valence-electron chi connectivity index (χ2n) is 15.1. The van der Waals surface area contributed by atoms with Gasteiger partial charge in [0.2, 0.25) is 0 Å². The molecule has 294 valence electrons. The van der Waals surface area contributed by atoms with Crippen LogP contribution in [0.3, 0.4) is 0 Å². The topological polar surface area (TPSA) is 11.4 Å². The van der Waals surface area contributed by atoms with Crippen LogP contribution in [0.4, 0.5) is 22.7 Å². The number of benzene rings is 7. The van der Waals surface area contributed by atoms with Crippen LogP contribution < -0.4 is 9.80 Å². The van der Waals surface area contributed by atoms with Crippen molar-refractivity contribution in [3.63, 3.8) is 0 Å². The molecule has 1 atom stereocenters. The number of rotatable bonds is 13. The Kier molecular flexibility index (Phi) is 11.1. The van der Waals surface area contributed by atoms with Crippen LogP contribution in [0.15, 0.2) is 244 Å². The molecule has 7 aromatic carbocycles. The van der Waals surface area contributed by atoms with E-state index in [1.807, 2.05) is 12.2 Å². The molecule has 0 aliphatic carbocycles. The first kappa shape index (κ1) is 38.6. The predicted octanol–water partition coefficient (Wildman–Crippen LogP) is 15.4. The number of anilines is 4. The first-order valence-corrected chi connectivity index (χ1v) is 20.8. The Morgan fingerprint density at radius 2 is 1.18 bits per heavy atom. The van der Waals surface area contributed by atoms with Gasteiger partial charge in [-0.1, -0.05) is 183 Å². The molecule has 1 aliphatic heterocycles. The van der Waals surface area contributed by atoms with Gasteiger partial charge in [0.1, 0.15) is 0 Å². The van der Waals surface area contributed by atoms with Gasteiger partial charge in [-0.3, -0.25) is 0 Å². The van der Waals surface area contributed by atoms with E-state index in [9.17, 15) is 0 Å². The fourth-order valence-corrected chi connectivity index (χ4v) is 8.52. The predicted molar refractivity (Wildman–Crippen MR) is 263 cm³/mol. The van der Waals surface area contributed by atoms with Crippen molar-refractivity contribution in [2.24, 2.45) is 0 Å². The highest BCUT2D eigenvalue weighted by atomic mass is 15.2. The molecule has 1 aliphatic rings. The molecule has 0 bridgehead atoms. The molecule has 1 aromatic heterocycles. The molecule has 3 nitrogen and oxygen atoms in total.